The highest BCUT2D eigenvalue weighted by Crippen LogP contribution is 2.27. The van der Waals surface area contributed by atoms with E-state index in [1.165, 1.54) is 0 Å². The molecule has 2 amide bonds. The maximum absolute atomic E-state index is 13.1. The predicted molar refractivity (Wildman–Crippen MR) is 122 cm³/mol. The lowest BCUT2D eigenvalue weighted by atomic mass is 10.0. The van der Waals surface area contributed by atoms with E-state index < -0.39 is 0 Å². The number of amides is 2. The highest BCUT2D eigenvalue weighted by molar-refractivity contribution is 6.05. The van der Waals surface area contributed by atoms with Crippen LogP contribution in [-0.2, 0) is 4.74 Å². The second-order valence-corrected chi connectivity index (χ2v) is 7.87. The molecule has 166 valence electrons. The summed E-state index contributed by atoms with van der Waals surface area (Å²) in [6, 6.07) is 14.3. The van der Waals surface area contributed by atoms with Gasteiger partial charge in [0, 0.05) is 30.3 Å². The summed E-state index contributed by atoms with van der Waals surface area (Å²) in [7, 11) is 0. The summed E-state index contributed by atoms with van der Waals surface area (Å²) >= 11 is 0. The van der Waals surface area contributed by atoms with E-state index in [9.17, 15) is 14.4 Å². The van der Waals surface area contributed by atoms with Crippen LogP contribution in [0.25, 0.3) is 22.3 Å². The van der Waals surface area contributed by atoms with Gasteiger partial charge in [-0.3, -0.25) is 9.59 Å². The number of fused-ring (bicyclic) bond motifs is 1. The molecule has 1 N–H and O–H groups in total. The number of piperidine rings is 1. The van der Waals surface area contributed by atoms with Gasteiger partial charge in [-0.05, 0) is 38.8 Å². The quantitative estimate of drug-likeness (QED) is 0.667. The minimum Gasteiger partial charge on any atom is -0.455 e. The fourth-order valence-corrected chi connectivity index (χ4v) is 4.04. The van der Waals surface area contributed by atoms with E-state index in [4.69, 9.17) is 9.15 Å². The van der Waals surface area contributed by atoms with E-state index in [0.717, 1.165) is 5.56 Å². The first-order chi connectivity index (χ1) is 15.5. The molecule has 2 heterocycles. The molecule has 7 nitrogen and oxygen atoms in total. The fraction of sp³-hybridized carbons (Fsp3) is 0.320. The van der Waals surface area contributed by atoms with Crippen molar-refractivity contribution < 1.29 is 18.7 Å². The third-order valence-electron chi connectivity index (χ3n) is 5.78. The van der Waals surface area contributed by atoms with Gasteiger partial charge in [0.25, 0.3) is 5.91 Å². The molecule has 1 aliphatic heterocycles. The Bertz CT molecular complexity index is 1190. The van der Waals surface area contributed by atoms with Crippen LogP contribution in [0.4, 0.5) is 4.79 Å². The number of nitrogens with one attached hydrogen (secondary N) is 1. The second kappa shape index (κ2) is 9.26. The number of ether oxygens (including phenoxy) is 1. The third-order valence-corrected chi connectivity index (χ3v) is 5.78. The van der Waals surface area contributed by atoms with Crippen LogP contribution in [-0.4, -0.2) is 42.6 Å². The average molecular weight is 434 g/mol. The SMILES string of the molecule is CCOC(=O)N1CCC(NC(=O)c2cccc3c(=O)c(C)c(-c4ccccc4)oc23)CC1. The molecule has 0 aliphatic carbocycles. The lowest BCUT2D eigenvalue weighted by Crippen LogP contribution is -2.46. The van der Waals surface area contributed by atoms with Crippen molar-refractivity contribution in [1.82, 2.24) is 10.2 Å². The Labute approximate surface area is 186 Å². The highest BCUT2D eigenvalue weighted by atomic mass is 16.6. The summed E-state index contributed by atoms with van der Waals surface area (Å²) in [5.74, 6) is 0.169. The van der Waals surface area contributed by atoms with Crippen LogP contribution < -0.4 is 10.7 Å². The van der Waals surface area contributed by atoms with E-state index in [1.807, 2.05) is 30.3 Å². The van der Waals surface area contributed by atoms with Gasteiger partial charge in [0.2, 0.25) is 0 Å². The van der Waals surface area contributed by atoms with Gasteiger partial charge in [0.1, 0.15) is 5.76 Å². The maximum Gasteiger partial charge on any atom is 0.409 e. The van der Waals surface area contributed by atoms with Crippen molar-refractivity contribution in [3.8, 4) is 11.3 Å². The van der Waals surface area contributed by atoms with Crippen LogP contribution in [0.15, 0.2) is 57.7 Å². The fourth-order valence-electron chi connectivity index (χ4n) is 4.04. The molecule has 4 rings (SSSR count). The van der Waals surface area contributed by atoms with Crippen molar-refractivity contribution in [1.29, 1.82) is 0 Å². The molecule has 0 atom stereocenters. The Morgan fingerprint density at radius 1 is 1.09 bits per heavy atom. The van der Waals surface area contributed by atoms with E-state index in [2.05, 4.69) is 5.32 Å². The Kier molecular flexibility index (Phi) is 6.25. The Hall–Kier alpha value is -3.61. The van der Waals surface area contributed by atoms with Crippen molar-refractivity contribution in [3.05, 3.63) is 69.9 Å². The smallest absolute Gasteiger partial charge is 0.409 e. The second-order valence-electron chi connectivity index (χ2n) is 7.87. The lowest BCUT2D eigenvalue weighted by molar-refractivity contribution is 0.0860. The topological polar surface area (TPSA) is 88.9 Å². The molecule has 0 bridgehead atoms. The van der Waals surface area contributed by atoms with Crippen LogP contribution in [0.5, 0.6) is 0 Å². The molecule has 0 radical (unpaired) electrons. The first-order valence-electron chi connectivity index (χ1n) is 10.8. The number of nitrogens with zero attached hydrogens (tertiary/aromatic N) is 1. The van der Waals surface area contributed by atoms with Crippen LogP contribution >= 0.6 is 0 Å². The van der Waals surface area contributed by atoms with Crippen molar-refractivity contribution in [2.45, 2.75) is 32.7 Å². The van der Waals surface area contributed by atoms with Gasteiger partial charge in [0.15, 0.2) is 11.0 Å². The van der Waals surface area contributed by atoms with Crippen molar-refractivity contribution >= 4 is 23.0 Å². The summed E-state index contributed by atoms with van der Waals surface area (Å²) in [4.78, 5) is 39.6. The highest BCUT2D eigenvalue weighted by Gasteiger charge is 2.26. The third kappa shape index (κ3) is 4.23. The molecule has 1 aliphatic rings. The standard InChI is InChI=1S/C25H26N2O5/c1-3-31-25(30)27-14-12-18(13-15-27)26-24(29)20-11-7-10-19-21(28)16(2)22(32-23(19)20)17-8-5-4-6-9-17/h4-11,18H,3,12-15H2,1-2H3,(H,26,29). The minimum absolute atomic E-state index is 0.0748. The number of hydrogen-bond acceptors (Lipinski definition) is 5. The van der Waals surface area contributed by atoms with E-state index in [1.54, 1.807) is 36.9 Å². The van der Waals surface area contributed by atoms with Crippen LogP contribution in [0, 0.1) is 6.92 Å². The number of carbonyl (C=O) groups excluding carboxylic acids is 2. The summed E-state index contributed by atoms with van der Waals surface area (Å²) < 4.78 is 11.2. The minimum atomic E-state index is -0.322. The zero-order valence-electron chi connectivity index (χ0n) is 18.2. The van der Waals surface area contributed by atoms with Crippen LogP contribution in [0.1, 0.15) is 35.7 Å². The molecule has 0 spiro atoms. The van der Waals surface area contributed by atoms with Crippen LogP contribution in [0.2, 0.25) is 0 Å². The molecular formula is C25H26N2O5. The predicted octanol–water partition coefficient (Wildman–Crippen LogP) is 4.12. The molecule has 7 heteroatoms. The van der Waals surface area contributed by atoms with Gasteiger partial charge in [-0.25, -0.2) is 4.79 Å². The normalized spacial score (nSPS) is 14.4. The van der Waals surface area contributed by atoms with Gasteiger partial charge in [-0.1, -0.05) is 36.4 Å². The van der Waals surface area contributed by atoms with Gasteiger partial charge in [0.05, 0.1) is 17.6 Å². The number of benzene rings is 2. The lowest BCUT2D eigenvalue weighted by Gasteiger charge is -2.31. The first-order valence-corrected chi connectivity index (χ1v) is 10.8. The van der Waals surface area contributed by atoms with E-state index in [0.29, 0.717) is 54.8 Å². The average Bonchev–Trinajstić information content (AvgIpc) is 2.82. The number of carbonyl (C=O) groups is 2. The molecule has 32 heavy (non-hydrogen) atoms. The summed E-state index contributed by atoms with van der Waals surface area (Å²) in [6.45, 7) is 4.89. The molecule has 1 aromatic heterocycles. The maximum atomic E-state index is 13.1. The molecule has 3 aromatic rings. The van der Waals surface area contributed by atoms with E-state index >= 15 is 0 Å². The number of hydrogen-bond donors (Lipinski definition) is 1. The Morgan fingerprint density at radius 3 is 2.50 bits per heavy atom. The molecule has 1 fully saturated rings. The largest absolute Gasteiger partial charge is 0.455 e. The van der Waals surface area contributed by atoms with Gasteiger partial charge < -0.3 is 19.4 Å². The van der Waals surface area contributed by atoms with Crippen molar-refractivity contribution in [2.24, 2.45) is 0 Å². The van der Waals surface area contributed by atoms with Crippen molar-refractivity contribution in [3.63, 3.8) is 0 Å². The molecule has 2 aromatic carbocycles. The summed E-state index contributed by atoms with van der Waals surface area (Å²) in [5, 5.41) is 3.41. The zero-order chi connectivity index (χ0) is 22.7. The Balaban J connectivity index is 1.59. The van der Waals surface area contributed by atoms with Crippen LogP contribution in [0.3, 0.4) is 0 Å². The zero-order valence-corrected chi connectivity index (χ0v) is 18.2. The van der Waals surface area contributed by atoms with Gasteiger partial charge in [-0.15, -0.1) is 0 Å². The van der Waals surface area contributed by atoms with Crippen molar-refractivity contribution in [2.75, 3.05) is 19.7 Å². The van der Waals surface area contributed by atoms with E-state index in [-0.39, 0.29) is 29.1 Å². The summed E-state index contributed by atoms with van der Waals surface area (Å²) in [6.07, 6.45) is 0.943. The first kappa shape index (κ1) is 21.6. The molecule has 0 saturated carbocycles. The molecule has 1 saturated heterocycles. The monoisotopic (exact) mass is 434 g/mol. The Morgan fingerprint density at radius 2 is 1.81 bits per heavy atom. The number of rotatable bonds is 4. The molecule has 0 unspecified atom stereocenters. The number of para-hydroxylation sites is 1. The number of likely N-dealkylation sites (tertiary alicyclic amines) is 1. The van der Waals surface area contributed by atoms with Gasteiger partial charge >= 0.3 is 6.09 Å². The molecular weight excluding hydrogens is 408 g/mol. The summed E-state index contributed by atoms with van der Waals surface area (Å²) in [5.41, 5.74) is 1.74. The van der Waals surface area contributed by atoms with Gasteiger partial charge in [-0.2, -0.15) is 0 Å².